The number of carbonyl (C=O) groups is 2. The van der Waals surface area contributed by atoms with Crippen molar-refractivity contribution >= 4 is 34.6 Å². The minimum absolute atomic E-state index is 0.0570. The first-order valence-corrected chi connectivity index (χ1v) is 12.6. The second-order valence-electron chi connectivity index (χ2n) is 9.61. The summed E-state index contributed by atoms with van der Waals surface area (Å²) in [5, 5.41) is 0.547. The Hall–Kier alpha value is -4.04. The monoisotopic (exact) mass is 512 g/mol. The van der Waals surface area contributed by atoms with Crippen LogP contribution < -0.4 is 5.73 Å². The number of benzene rings is 1. The van der Waals surface area contributed by atoms with Crippen molar-refractivity contribution in [3.8, 4) is 11.3 Å². The summed E-state index contributed by atoms with van der Waals surface area (Å²) in [5.74, 6) is 1.33. The van der Waals surface area contributed by atoms with Crippen molar-refractivity contribution in [1.82, 2.24) is 24.3 Å². The number of aromatic nitrogens is 4. The third-order valence-electron chi connectivity index (χ3n) is 7.49. The van der Waals surface area contributed by atoms with E-state index in [1.165, 1.54) is 6.08 Å². The first-order chi connectivity index (χ1) is 17.9. The van der Waals surface area contributed by atoms with Crippen LogP contribution in [-0.2, 0) is 11.2 Å². The van der Waals surface area contributed by atoms with E-state index in [2.05, 4.69) is 16.5 Å². The van der Waals surface area contributed by atoms with E-state index in [1.54, 1.807) is 36.7 Å². The Morgan fingerprint density at radius 3 is 2.70 bits per heavy atom. The number of Topliss-reactive ketones (excluding diaryl/α,β-unsaturated/α-hetero) is 1. The van der Waals surface area contributed by atoms with E-state index in [0.717, 1.165) is 30.7 Å². The predicted octanol–water partition coefficient (Wildman–Crippen LogP) is 4.69. The maximum absolute atomic E-state index is 12.8. The fourth-order valence-corrected chi connectivity index (χ4v) is 6.05. The lowest BCUT2D eigenvalue weighted by Gasteiger charge is -2.33. The lowest BCUT2D eigenvalue weighted by Crippen LogP contribution is -2.39. The van der Waals surface area contributed by atoms with Crippen LogP contribution in [0.4, 0.5) is 5.82 Å². The fraction of sp³-hybridized carbons (Fsp3) is 0.250. The van der Waals surface area contributed by atoms with Crippen LogP contribution >= 0.6 is 11.6 Å². The molecule has 1 aliphatic carbocycles. The van der Waals surface area contributed by atoms with Gasteiger partial charge in [0.1, 0.15) is 22.9 Å². The maximum Gasteiger partial charge on any atom is 0.246 e. The number of nitrogens with zero attached hydrogens (tertiary/aromatic N) is 5. The molecule has 8 nitrogen and oxygen atoms in total. The number of fused-ring (bicyclic) bond motifs is 3. The molecule has 4 heterocycles. The highest BCUT2D eigenvalue weighted by Crippen LogP contribution is 2.50. The summed E-state index contributed by atoms with van der Waals surface area (Å²) >= 11 is 6.03. The van der Waals surface area contributed by atoms with Gasteiger partial charge in [0.05, 0.1) is 12.5 Å². The van der Waals surface area contributed by atoms with Gasteiger partial charge in [-0.25, -0.2) is 9.97 Å². The van der Waals surface area contributed by atoms with Crippen LogP contribution in [0.25, 0.3) is 16.8 Å². The van der Waals surface area contributed by atoms with Gasteiger partial charge in [0, 0.05) is 46.5 Å². The number of likely N-dealkylation sites (tertiary alicyclic amines) is 1. The second-order valence-corrected chi connectivity index (χ2v) is 10.1. The quantitative estimate of drug-likeness (QED) is 0.297. The lowest BCUT2D eigenvalue weighted by atomic mass is 9.97. The number of amides is 1. The summed E-state index contributed by atoms with van der Waals surface area (Å²) in [4.78, 5) is 41.1. The Bertz CT molecular complexity index is 1550. The van der Waals surface area contributed by atoms with Gasteiger partial charge in [0.25, 0.3) is 0 Å². The highest BCUT2D eigenvalue weighted by atomic mass is 35.5. The normalized spacial score (nSPS) is 20.5. The number of nitrogen functional groups attached to an aromatic ring is 1. The largest absolute Gasteiger partial charge is 0.382 e. The lowest BCUT2D eigenvalue weighted by molar-refractivity contribution is -0.130. The topological polar surface area (TPSA) is 106 Å². The molecular weight excluding hydrogens is 488 g/mol. The van der Waals surface area contributed by atoms with Gasteiger partial charge in [0.15, 0.2) is 5.78 Å². The second kappa shape index (κ2) is 9.12. The van der Waals surface area contributed by atoms with Gasteiger partial charge >= 0.3 is 0 Å². The molecule has 2 aliphatic rings. The number of carbonyl (C=O) groups excluding carboxylic acids is 2. The van der Waals surface area contributed by atoms with Gasteiger partial charge < -0.3 is 10.6 Å². The van der Waals surface area contributed by atoms with E-state index >= 15 is 0 Å². The van der Waals surface area contributed by atoms with Crippen molar-refractivity contribution in [2.45, 2.75) is 37.8 Å². The van der Waals surface area contributed by atoms with Gasteiger partial charge in [-0.05, 0) is 43.4 Å². The van der Waals surface area contributed by atoms with E-state index in [0.29, 0.717) is 39.2 Å². The Kier molecular flexibility index (Phi) is 5.76. The summed E-state index contributed by atoms with van der Waals surface area (Å²) in [7, 11) is 0. The molecule has 2 bridgehead atoms. The number of anilines is 1. The van der Waals surface area contributed by atoms with Crippen LogP contribution in [0.1, 0.15) is 47.2 Å². The van der Waals surface area contributed by atoms with Crippen molar-refractivity contribution in [1.29, 1.82) is 0 Å². The van der Waals surface area contributed by atoms with Crippen LogP contribution in [0.3, 0.4) is 0 Å². The Morgan fingerprint density at radius 1 is 1.14 bits per heavy atom. The van der Waals surface area contributed by atoms with Crippen molar-refractivity contribution in [2.75, 3.05) is 5.73 Å². The van der Waals surface area contributed by atoms with Crippen molar-refractivity contribution < 1.29 is 9.59 Å². The van der Waals surface area contributed by atoms with Gasteiger partial charge in [-0.3, -0.25) is 19.0 Å². The third-order valence-corrected chi connectivity index (χ3v) is 7.72. The molecule has 4 aromatic rings. The molecule has 1 saturated carbocycles. The fourth-order valence-electron chi connectivity index (χ4n) is 5.87. The molecule has 37 heavy (non-hydrogen) atoms. The summed E-state index contributed by atoms with van der Waals surface area (Å²) < 4.78 is 1.95. The Balaban J connectivity index is 1.37. The summed E-state index contributed by atoms with van der Waals surface area (Å²) in [6.07, 6.45) is 9.65. The smallest absolute Gasteiger partial charge is 0.246 e. The molecule has 1 saturated heterocycles. The number of piperidine rings is 1. The van der Waals surface area contributed by atoms with Crippen LogP contribution in [0.15, 0.2) is 67.6 Å². The molecule has 6 rings (SSSR count). The van der Waals surface area contributed by atoms with E-state index in [-0.39, 0.29) is 30.2 Å². The highest BCUT2D eigenvalue weighted by Gasteiger charge is 2.50. The molecule has 1 aromatic carbocycles. The van der Waals surface area contributed by atoms with E-state index in [1.807, 2.05) is 27.6 Å². The first kappa shape index (κ1) is 23.4. The molecule has 9 heteroatoms. The Morgan fingerprint density at radius 2 is 1.95 bits per heavy atom. The van der Waals surface area contributed by atoms with Crippen LogP contribution in [0, 0.1) is 5.92 Å². The molecular formula is C28H25ClN6O2. The van der Waals surface area contributed by atoms with Crippen molar-refractivity contribution in [3.05, 3.63) is 89.7 Å². The minimum atomic E-state index is -0.154. The van der Waals surface area contributed by atoms with Crippen LogP contribution in [0.2, 0.25) is 5.02 Å². The van der Waals surface area contributed by atoms with E-state index in [9.17, 15) is 9.59 Å². The molecule has 2 fully saturated rings. The molecule has 2 N–H and O–H groups in total. The van der Waals surface area contributed by atoms with E-state index < -0.39 is 0 Å². The number of hydrogen-bond acceptors (Lipinski definition) is 6. The number of ketones is 1. The number of rotatable bonds is 6. The van der Waals surface area contributed by atoms with Crippen LogP contribution in [0.5, 0.6) is 0 Å². The molecule has 0 spiro atoms. The zero-order chi connectivity index (χ0) is 25.7. The maximum atomic E-state index is 12.8. The van der Waals surface area contributed by atoms with Crippen molar-refractivity contribution in [2.24, 2.45) is 5.92 Å². The summed E-state index contributed by atoms with van der Waals surface area (Å²) in [6, 6.07) is 10.7. The standard InChI is InChI=1S/C28H25ClN6O2/c1-2-23(37)35-21-8-7-18(13-21)25(35)28-33-24(26-27(30)32-11-12-34(26)28)17-5-3-16(4-6-17)22(36)15-20-14-19(29)9-10-31-20/h2-6,9-12,14,18,21,25H,1,7-8,13,15H2,(H2,30,32)/t18-,21?,25?/m0/s1. The molecule has 2 unspecified atom stereocenters. The van der Waals surface area contributed by atoms with Gasteiger partial charge in [-0.2, -0.15) is 0 Å². The van der Waals surface area contributed by atoms with Crippen LogP contribution in [-0.4, -0.2) is 42.0 Å². The van der Waals surface area contributed by atoms with Crippen molar-refractivity contribution in [3.63, 3.8) is 0 Å². The zero-order valence-electron chi connectivity index (χ0n) is 20.0. The van der Waals surface area contributed by atoms with Gasteiger partial charge in [-0.1, -0.05) is 42.4 Å². The minimum Gasteiger partial charge on any atom is -0.382 e. The summed E-state index contributed by atoms with van der Waals surface area (Å²) in [5.41, 5.74) is 9.70. The number of halogens is 1. The molecule has 186 valence electrons. The van der Waals surface area contributed by atoms with Gasteiger partial charge in [0.2, 0.25) is 5.91 Å². The molecule has 3 aromatic heterocycles. The Labute approximate surface area is 218 Å². The zero-order valence-corrected chi connectivity index (χ0v) is 20.8. The number of pyridine rings is 1. The first-order valence-electron chi connectivity index (χ1n) is 12.3. The average molecular weight is 513 g/mol. The molecule has 0 radical (unpaired) electrons. The SMILES string of the molecule is C=CC(=O)N1C2CC[C@@H](C2)C1c1nc(-c2ccc(C(=O)Cc3cc(Cl)ccn3)cc2)c2c(N)nccn12. The highest BCUT2D eigenvalue weighted by molar-refractivity contribution is 6.30. The van der Waals surface area contributed by atoms with Gasteiger partial charge in [-0.15, -0.1) is 0 Å². The third kappa shape index (κ3) is 3.97. The number of nitrogens with two attached hydrogens (primary N) is 1. The average Bonchev–Trinajstić information content (AvgIpc) is 3.62. The molecule has 1 amide bonds. The molecule has 3 atom stereocenters. The number of imidazole rings is 1. The number of hydrogen-bond donors (Lipinski definition) is 1. The summed E-state index contributed by atoms with van der Waals surface area (Å²) in [6.45, 7) is 3.71. The molecule has 1 aliphatic heterocycles. The predicted molar refractivity (Wildman–Crippen MR) is 141 cm³/mol. The van der Waals surface area contributed by atoms with E-state index in [4.69, 9.17) is 22.3 Å².